The van der Waals surface area contributed by atoms with Crippen molar-refractivity contribution in [3.8, 4) is 11.1 Å². The molecule has 4 rings (SSSR count). The molecule has 1 saturated heterocycles. The number of carbonyl (C=O) groups excluding carboxylic acids is 1. The van der Waals surface area contributed by atoms with Crippen LogP contribution in [-0.4, -0.2) is 43.4 Å². The summed E-state index contributed by atoms with van der Waals surface area (Å²) < 4.78 is 0. The molecule has 24 heavy (non-hydrogen) atoms. The minimum atomic E-state index is 0. The third-order valence-corrected chi connectivity index (χ3v) is 5.01. The first-order valence-electron chi connectivity index (χ1n) is 8.49. The number of anilines is 1. The summed E-state index contributed by atoms with van der Waals surface area (Å²) in [6.45, 7) is 4.59. The molecule has 0 spiro atoms. The number of benzene rings is 2. The molecule has 0 radical (unpaired) electrons. The molecule has 4 heteroatoms. The lowest BCUT2D eigenvalue weighted by molar-refractivity contribution is 0.112. The van der Waals surface area contributed by atoms with E-state index in [0.29, 0.717) is 0 Å². The molecule has 3 nitrogen and oxygen atoms in total. The van der Waals surface area contributed by atoms with Gasteiger partial charge in [0.05, 0.1) is 0 Å². The molecule has 2 aromatic rings. The lowest BCUT2D eigenvalue weighted by Crippen LogP contribution is -2.47. The Morgan fingerprint density at radius 2 is 1.54 bits per heavy atom. The fraction of sp³-hybridized carbons (Fsp3) is 0.350. The van der Waals surface area contributed by atoms with Crippen LogP contribution in [0.3, 0.4) is 0 Å². The summed E-state index contributed by atoms with van der Waals surface area (Å²) in [6, 6.07) is 17.3. The summed E-state index contributed by atoms with van der Waals surface area (Å²) in [5.41, 5.74) is 4.15. The predicted octanol–water partition coefficient (Wildman–Crippen LogP) is 3.87. The maximum absolute atomic E-state index is 11.2. The summed E-state index contributed by atoms with van der Waals surface area (Å²) in [7, 11) is 0. The summed E-state index contributed by atoms with van der Waals surface area (Å²) in [5, 5.41) is 0. The van der Waals surface area contributed by atoms with Crippen molar-refractivity contribution in [1.82, 2.24) is 4.90 Å². The van der Waals surface area contributed by atoms with Crippen molar-refractivity contribution < 1.29 is 4.79 Å². The smallest absolute Gasteiger partial charge is 0.150 e. The van der Waals surface area contributed by atoms with Gasteiger partial charge in [0.2, 0.25) is 0 Å². The number of piperazine rings is 1. The van der Waals surface area contributed by atoms with Crippen molar-refractivity contribution in [2.75, 3.05) is 31.1 Å². The van der Waals surface area contributed by atoms with E-state index in [1.807, 2.05) is 24.3 Å². The highest BCUT2D eigenvalue weighted by molar-refractivity contribution is 5.87. The SMILES string of the molecule is Cl.O=Cc1ccccc1-c1ccc(N2CCN(C3CC3)CC2)cc1. The van der Waals surface area contributed by atoms with Crippen LogP contribution in [0.4, 0.5) is 5.69 Å². The van der Waals surface area contributed by atoms with Gasteiger partial charge in [-0.05, 0) is 36.1 Å². The molecule has 0 aromatic heterocycles. The topological polar surface area (TPSA) is 23.6 Å². The van der Waals surface area contributed by atoms with Crippen LogP contribution in [-0.2, 0) is 0 Å². The van der Waals surface area contributed by atoms with Crippen LogP contribution in [0.5, 0.6) is 0 Å². The van der Waals surface area contributed by atoms with Gasteiger partial charge in [-0.1, -0.05) is 36.4 Å². The van der Waals surface area contributed by atoms with E-state index in [1.54, 1.807) is 0 Å². The van der Waals surface area contributed by atoms with Gasteiger partial charge < -0.3 is 4.90 Å². The predicted molar refractivity (Wildman–Crippen MR) is 101 cm³/mol. The minimum absolute atomic E-state index is 0. The first-order chi connectivity index (χ1) is 11.3. The number of halogens is 1. The first-order valence-corrected chi connectivity index (χ1v) is 8.49. The van der Waals surface area contributed by atoms with Gasteiger partial charge in [-0.25, -0.2) is 0 Å². The standard InChI is InChI=1S/C20H22N2O.ClH/c23-15-17-3-1-2-4-20(17)16-5-7-18(8-6-16)21-11-13-22(14-12-21)19-9-10-19;/h1-8,15,19H,9-14H2;1H. The van der Waals surface area contributed by atoms with Gasteiger partial charge in [0.15, 0.2) is 6.29 Å². The molecule has 1 aliphatic carbocycles. The van der Waals surface area contributed by atoms with Gasteiger partial charge in [-0.2, -0.15) is 0 Å². The number of carbonyl (C=O) groups is 1. The van der Waals surface area contributed by atoms with Crippen LogP contribution in [0.1, 0.15) is 23.2 Å². The van der Waals surface area contributed by atoms with Crippen molar-refractivity contribution in [3.63, 3.8) is 0 Å². The molecular formula is C20H23ClN2O. The molecule has 2 aliphatic rings. The molecule has 126 valence electrons. The lowest BCUT2D eigenvalue weighted by atomic mass is 10.00. The molecule has 0 atom stereocenters. The number of rotatable bonds is 4. The van der Waals surface area contributed by atoms with Crippen LogP contribution in [0.2, 0.25) is 0 Å². The molecule has 1 heterocycles. The van der Waals surface area contributed by atoms with E-state index in [9.17, 15) is 4.79 Å². The zero-order chi connectivity index (χ0) is 15.6. The first kappa shape index (κ1) is 17.0. The van der Waals surface area contributed by atoms with Crippen LogP contribution in [0.15, 0.2) is 48.5 Å². The highest BCUT2D eigenvalue weighted by atomic mass is 35.5. The second-order valence-electron chi connectivity index (χ2n) is 6.51. The fourth-order valence-corrected chi connectivity index (χ4v) is 3.50. The average Bonchev–Trinajstić information content (AvgIpc) is 3.47. The van der Waals surface area contributed by atoms with Crippen LogP contribution < -0.4 is 4.90 Å². The summed E-state index contributed by atoms with van der Waals surface area (Å²) in [4.78, 5) is 16.3. The van der Waals surface area contributed by atoms with E-state index < -0.39 is 0 Å². The van der Waals surface area contributed by atoms with Gasteiger partial charge in [-0.15, -0.1) is 12.4 Å². The van der Waals surface area contributed by atoms with E-state index in [4.69, 9.17) is 0 Å². The summed E-state index contributed by atoms with van der Waals surface area (Å²) in [5.74, 6) is 0. The fourth-order valence-electron chi connectivity index (χ4n) is 3.50. The maximum atomic E-state index is 11.2. The minimum Gasteiger partial charge on any atom is -0.369 e. The molecule has 1 saturated carbocycles. The molecule has 2 aromatic carbocycles. The Morgan fingerprint density at radius 1 is 0.875 bits per heavy atom. The van der Waals surface area contributed by atoms with Gasteiger partial charge in [0.25, 0.3) is 0 Å². The lowest BCUT2D eigenvalue weighted by Gasteiger charge is -2.36. The van der Waals surface area contributed by atoms with Crippen molar-refractivity contribution in [2.24, 2.45) is 0 Å². The van der Waals surface area contributed by atoms with Crippen molar-refractivity contribution in [3.05, 3.63) is 54.1 Å². The van der Waals surface area contributed by atoms with E-state index in [1.165, 1.54) is 31.6 Å². The Hall–Kier alpha value is -1.84. The zero-order valence-electron chi connectivity index (χ0n) is 13.7. The normalized spacial score (nSPS) is 18.1. The van der Waals surface area contributed by atoms with Gasteiger partial charge in [0, 0.05) is 43.5 Å². The number of hydrogen-bond acceptors (Lipinski definition) is 3. The Labute approximate surface area is 149 Å². The Morgan fingerprint density at radius 3 is 2.17 bits per heavy atom. The van der Waals surface area contributed by atoms with E-state index in [-0.39, 0.29) is 12.4 Å². The Bertz CT molecular complexity index is 689. The highest BCUT2D eigenvalue weighted by Gasteiger charge is 2.31. The third kappa shape index (κ3) is 3.47. The molecule has 0 N–H and O–H groups in total. The maximum Gasteiger partial charge on any atom is 0.150 e. The van der Waals surface area contributed by atoms with E-state index >= 15 is 0 Å². The average molecular weight is 343 g/mol. The second-order valence-corrected chi connectivity index (χ2v) is 6.51. The van der Waals surface area contributed by atoms with E-state index in [2.05, 4.69) is 34.1 Å². The molecule has 0 amide bonds. The van der Waals surface area contributed by atoms with Crippen molar-refractivity contribution in [1.29, 1.82) is 0 Å². The van der Waals surface area contributed by atoms with Crippen LogP contribution >= 0.6 is 12.4 Å². The van der Waals surface area contributed by atoms with Crippen LogP contribution in [0, 0.1) is 0 Å². The van der Waals surface area contributed by atoms with E-state index in [0.717, 1.165) is 42.1 Å². The monoisotopic (exact) mass is 342 g/mol. The summed E-state index contributed by atoms with van der Waals surface area (Å²) >= 11 is 0. The third-order valence-electron chi connectivity index (χ3n) is 5.01. The zero-order valence-corrected chi connectivity index (χ0v) is 14.5. The van der Waals surface area contributed by atoms with Gasteiger partial charge in [-0.3, -0.25) is 9.69 Å². The van der Waals surface area contributed by atoms with Gasteiger partial charge in [0.1, 0.15) is 0 Å². The molecule has 0 unspecified atom stereocenters. The van der Waals surface area contributed by atoms with Crippen molar-refractivity contribution in [2.45, 2.75) is 18.9 Å². The highest BCUT2D eigenvalue weighted by Crippen LogP contribution is 2.29. The Kier molecular flexibility index (Phi) is 5.22. The van der Waals surface area contributed by atoms with Crippen LogP contribution in [0.25, 0.3) is 11.1 Å². The molecular weight excluding hydrogens is 320 g/mol. The van der Waals surface area contributed by atoms with Crippen molar-refractivity contribution >= 4 is 24.4 Å². The quantitative estimate of drug-likeness (QED) is 0.788. The molecule has 0 bridgehead atoms. The molecule has 1 aliphatic heterocycles. The van der Waals surface area contributed by atoms with Gasteiger partial charge >= 0.3 is 0 Å². The molecule has 2 fully saturated rings. The summed E-state index contributed by atoms with van der Waals surface area (Å²) in [6.07, 6.45) is 3.72. The Balaban J connectivity index is 0.00000169. The second kappa shape index (κ2) is 7.37. The number of nitrogens with zero attached hydrogens (tertiary/aromatic N) is 2. The number of aldehydes is 1. The number of hydrogen-bond donors (Lipinski definition) is 0. The largest absolute Gasteiger partial charge is 0.369 e.